The first-order valence-corrected chi connectivity index (χ1v) is 11.4. The Labute approximate surface area is 177 Å². The Morgan fingerprint density at radius 3 is 2.57 bits per heavy atom. The summed E-state index contributed by atoms with van der Waals surface area (Å²) in [4.78, 5) is 22.3. The van der Waals surface area contributed by atoms with Crippen molar-refractivity contribution in [2.45, 2.75) is 50.2 Å². The van der Waals surface area contributed by atoms with Crippen molar-refractivity contribution < 1.29 is 9.84 Å². The average Bonchev–Trinajstić information content (AvgIpc) is 3.29. The number of ether oxygens (including phenoxy) is 1. The number of aromatic nitrogens is 2. The van der Waals surface area contributed by atoms with Gasteiger partial charge in [-0.3, -0.25) is 14.3 Å². The van der Waals surface area contributed by atoms with Crippen LogP contribution in [0.4, 0.5) is 5.69 Å². The largest absolute Gasteiger partial charge is 0.388 e. The van der Waals surface area contributed by atoms with Crippen molar-refractivity contribution in [1.82, 2.24) is 14.5 Å². The van der Waals surface area contributed by atoms with E-state index in [0.717, 1.165) is 69.6 Å². The SMILES string of the molecule is O=c1c2ccc(N3CCN(CC4(O)CCOCC4)CC3)cc2ncn1C1CCCC1. The van der Waals surface area contributed by atoms with Crippen LogP contribution in [0.2, 0.25) is 0 Å². The maximum atomic E-state index is 12.9. The van der Waals surface area contributed by atoms with E-state index >= 15 is 0 Å². The molecule has 7 heteroatoms. The molecule has 162 valence electrons. The number of nitrogens with zero attached hydrogens (tertiary/aromatic N) is 4. The summed E-state index contributed by atoms with van der Waals surface area (Å²) in [5.74, 6) is 0. The highest BCUT2D eigenvalue weighted by Crippen LogP contribution is 2.29. The standard InChI is InChI=1S/C23H32N4O3/c28-22-20-6-5-19(15-21(20)24-17-27(22)18-3-1-2-4-18)26-11-9-25(10-12-26)16-23(29)7-13-30-14-8-23/h5-6,15,17-18,29H,1-4,7-14,16H2. The highest BCUT2D eigenvalue weighted by atomic mass is 16.5. The summed E-state index contributed by atoms with van der Waals surface area (Å²) in [5, 5.41) is 11.5. The third-order valence-corrected chi connectivity index (χ3v) is 7.16. The number of hydrogen-bond donors (Lipinski definition) is 1. The minimum Gasteiger partial charge on any atom is -0.388 e. The summed E-state index contributed by atoms with van der Waals surface area (Å²) in [6.07, 6.45) is 7.76. The number of fused-ring (bicyclic) bond motifs is 1. The molecule has 1 saturated carbocycles. The number of β-amino-alcohol motifs (C(OH)–C–C–N with tert-alkyl or cyclic N) is 1. The Morgan fingerprint density at radius 1 is 1.10 bits per heavy atom. The van der Waals surface area contributed by atoms with Crippen LogP contribution < -0.4 is 10.5 Å². The molecule has 1 N–H and O–H groups in total. The number of aliphatic hydroxyl groups is 1. The number of anilines is 1. The van der Waals surface area contributed by atoms with Gasteiger partial charge in [-0.15, -0.1) is 0 Å². The van der Waals surface area contributed by atoms with Gasteiger partial charge in [-0.25, -0.2) is 4.98 Å². The first-order chi connectivity index (χ1) is 14.6. The molecule has 7 nitrogen and oxygen atoms in total. The Balaban J connectivity index is 1.26. The molecule has 3 aliphatic rings. The maximum absolute atomic E-state index is 12.9. The molecule has 1 aromatic heterocycles. The van der Waals surface area contributed by atoms with Crippen LogP contribution in [0.1, 0.15) is 44.6 Å². The van der Waals surface area contributed by atoms with Crippen LogP contribution >= 0.6 is 0 Å². The molecule has 1 aromatic carbocycles. The van der Waals surface area contributed by atoms with Crippen LogP contribution in [0.3, 0.4) is 0 Å². The quantitative estimate of drug-likeness (QED) is 0.830. The molecule has 0 unspecified atom stereocenters. The molecule has 0 atom stereocenters. The molecule has 3 heterocycles. The van der Waals surface area contributed by atoms with Gasteiger partial charge in [0, 0.05) is 70.5 Å². The van der Waals surface area contributed by atoms with E-state index in [1.165, 1.54) is 12.8 Å². The molecule has 2 aliphatic heterocycles. The van der Waals surface area contributed by atoms with E-state index in [0.29, 0.717) is 24.6 Å². The van der Waals surface area contributed by atoms with Gasteiger partial charge >= 0.3 is 0 Å². The van der Waals surface area contributed by atoms with E-state index in [9.17, 15) is 9.90 Å². The van der Waals surface area contributed by atoms with Gasteiger partial charge in [0.1, 0.15) is 0 Å². The Bertz CT molecular complexity index is 939. The molecule has 1 aliphatic carbocycles. The Hall–Kier alpha value is -1.96. The Kier molecular flexibility index (Phi) is 5.52. The smallest absolute Gasteiger partial charge is 0.261 e. The number of hydrogen-bond acceptors (Lipinski definition) is 6. The zero-order chi connectivity index (χ0) is 20.6. The van der Waals surface area contributed by atoms with Crippen LogP contribution in [0, 0.1) is 0 Å². The van der Waals surface area contributed by atoms with E-state index in [4.69, 9.17) is 4.74 Å². The second kappa shape index (κ2) is 8.29. The molecule has 2 saturated heterocycles. The third-order valence-electron chi connectivity index (χ3n) is 7.16. The van der Waals surface area contributed by atoms with Crippen molar-refractivity contribution in [3.05, 3.63) is 34.9 Å². The summed E-state index contributed by atoms with van der Waals surface area (Å²) in [6.45, 7) is 5.72. The van der Waals surface area contributed by atoms with Gasteiger partial charge in [0.2, 0.25) is 0 Å². The van der Waals surface area contributed by atoms with E-state index in [2.05, 4.69) is 26.9 Å². The highest BCUT2D eigenvalue weighted by molar-refractivity contribution is 5.81. The topological polar surface area (TPSA) is 70.8 Å². The molecule has 0 amide bonds. The van der Waals surface area contributed by atoms with E-state index in [-0.39, 0.29) is 5.56 Å². The summed E-state index contributed by atoms with van der Waals surface area (Å²) in [6, 6.07) is 6.37. The highest BCUT2D eigenvalue weighted by Gasteiger charge is 2.33. The van der Waals surface area contributed by atoms with Gasteiger partial charge in [0.25, 0.3) is 5.56 Å². The van der Waals surface area contributed by atoms with Crippen LogP contribution in [-0.2, 0) is 4.74 Å². The number of piperazine rings is 1. The normalized spacial score (nSPS) is 23.3. The van der Waals surface area contributed by atoms with Gasteiger partial charge in [-0.2, -0.15) is 0 Å². The summed E-state index contributed by atoms with van der Waals surface area (Å²) < 4.78 is 7.23. The van der Waals surface area contributed by atoms with Crippen molar-refractivity contribution in [3.63, 3.8) is 0 Å². The molecule has 2 aromatic rings. The molecule has 0 spiro atoms. The minimum absolute atomic E-state index is 0.0907. The number of benzene rings is 1. The van der Waals surface area contributed by atoms with Gasteiger partial charge in [0.05, 0.1) is 22.8 Å². The fourth-order valence-electron chi connectivity index (χ4n) is 5.25. The van der Waals surface area contributed by atoms with Crippen molar-refractivity contribution in [2.75, 3.05) is 50.8 Å². The van der Waals surface area contributed by atoms with Crippen LogP contribution in [-0.4, -0.2) is 71.1 Å². The van der Waals surface area contributed by atoms with Crippen molar-refractivity contribution >= 4 is 16.6 Å². The fourth-order valence-corrected chi connectivity index (χ4v) is 5.25. The second-order valence-corrected chi connectivity index (χ2v) is 9.20. The summed E-state index contributed by atoms with van der Waals surface area (Å²) in [5.41, 5.74) is 1.39. The summed E-state index contributed by atoms with van der Waals surface area (Å²) >= 11 is 0. The zero-order valence-corrected chi connectivity index (χ0v) is 17.6. The molecular weight excluding hydrogens is 380 g/mol. The molecule has 5 rings (SSSR count). The minimum atomic E-state index is -0.605. The van der Waals surface area contributed by atoms with E-state index in [1.54, 1.807) is 6.33 Å². The van der Waals surface area contributed by atoms with Crippen molar-refractivity contribution in [2.24, 2.45) is 0 Å². The zero-order valence-electron chi connectivity index (χ0n) is 17.6. The fraction of sp³-hybridized carbons (Fsp3) is 0.652. The lowest BCUT2D eigenvalue weighted by molar-refractivity contribution is -0.0802. The predicted octanol–water partition coefficient (Wildman–Crippen LogP) is 2.18. The lowest BCUT2D eigenvalue weighted by atomic mass is 9.93. The maximum Gasteiger partial charge on any atom is 0.261 e. The van der Waals surface area contributed by atoms with Crippen LogP contribution in [0.5, 0.6) is 0 Å². The van der Waals surface area contributed by atoms with Gasteiger partial charge in [-0.05, 0) is 31.0 Å². The second-order valence-electron chi connectivity index (χ2n) is 9.20. The molecular formula is C23H32N4O3. The molecule has 0 radical (unpaired) electrons. The van der Waals surface area contributed by atoms with Crippen molar-refractivity contribution in [3.8, 4) is 0 Å². The lowest BCUT2D eigenvalue weighted by Crippen LogP contribution is -2.53. The third kappa shape index (κ3) is 3.98. The van der Waals surface area contributed by atoms with E-state index < -0.39 is 5.60 Å². The van der Waals surface area contributed by atoms with E-state index in [1.807, 2.05) is 10.6 Å². The number of rotatable bonds is 4. The monoisotopic (exact) mass is 412 g/mol. The molecule has 3 fully saturated rings. The van der Waals surface area contributed by atoms with Crippen molar-refractivity contribution in [1.29, 1.82) is 0 Å². The van der Waals surface area contributed by atoms with Crippen LogP contribution in [0.25, 0.3) is 10.9 Å². The van der Waals surface area contributed by atoms with Gasteiger partial charge in [-0.1, -0.05) is 12.8 Å². The van der Waals surface area contributed by atoms with Crippen LogP contribution in [0.15, 0.2) is 29.3 Å². The van der Waals surface area contributed by atoms with Gasteiger partial charge < -0.3 is 14.7 Å². The predicted molar refractivity (Wildman–Crippen MR) is 117 cm³/mol. The summed E-state index contributed by atoms with van der Waals surface area (Å²) in [7, 11) is 0. The molecule has 30 heavy (non-hydrogen) atoms. The first kappa shape index (κ1) is 20.0. The molecule has 0 bridgehead atoms. The Morgan fingerprint density at radius 2 is 1.83 bits per heavy atom. The van der Waals surface area contributed by atoms with Gasteiger partial charge in [0.15, 0.2) is 0 Å². The lowest BCUT2D eigenvalue weighted by Gasteiger charge is -2.41. The first-order valence-electron chi connectivity index (χ1n) is 11.4. The average molecular weight is 413 g/mol.